The molecular weight excluding hydrogens is 436 g/mol. The quantitative estimate of drug-likeness (QED) is 0.649. The van der Waals surface area contributed by atoms with E-state index in [1.165, 1.54) is 12.0 Å². The number of hydrogen-bond acceptors (Lipinski definition) is 5. The molecule has 2 unspecified atom stereocenters. The second-order valence-electron chi connectivity index (χ2n) is 8.91. The third kappa shape index (κ3) is 4.63. The molecule has 4 rings (SSSR count). The van der Waals surface area contributed by atoms with E-state index in [1.807, 2.05) is 43.3 Å². The van der Waals surface area contributed by atoms with E-state index in [4.69, 9.17) is 9.47 Å². The van der Waals surface area contributed by atoms with Crippen molar-refractivity contribution in [3.8, 4) is 11.1 Å². The Kier molecular flexibility index (Phi) is 7.17. The number of carbonyl (C=O) groups is 3. The maximum absolute atomic E-state index is 13.2. The van der Waals surface area contributed by atoms with Gasteiger partial charge in [-0.05, 0) is 41.0 Å². The summed E-state index contributed by atoms with van der Waals surface area (Å²) in [5.74, 6) is -1.80. The second-order valence-corrected chi connectivity index (χ2v) is 8.91. The number of carboxylic acids is 1. The summed E-state index contributed by atoms with van der Waals surface area (Å²) >= 11 is 0. The molecule has 1 aliphatic carbocycles. The molecule has 1 heterocycles. The van der Waals surface area contributed by atoms with Gasteiger partial charge >= 0.3 is 12.1 Å². The molecule has 2 N–H and O–H groups in total. The number of nitrogens with zero attached hydrogens (tertiary/aromatic N) is 1. The minimum absolute atomic E-state index is 0.0831. The number of fused-ring (bicyclic) bond motifs is 3. The number of hydrogen-bond donors (Lipinski definition) is 2. The van der Waals surface area contributed by atoms with Gasteiger partial charge in [-0.3, -0.25) is 4.79 Å². The van der Waals surface area contributed by atoms with Gasteiger partial charge in [0.15, 0.2) is 0 Å². The highest BCUT2D eigenvalue weighted by Crippen LogP contribution is 2.44. The summed E-state index contributed by atoms with van der Waals surface area (Å²) in [6.45, 7) is 2.18. The molecule has 2 aliphatic rings. The molecule has 3 atom stereocenters. The van der Waals surface area contributed by atoms with Crippen LogP contribution in [-0.4, -0.2) is 66.9 Å². The maximum atomic E-state index is 13.2. The Balaban J connectivity index is 1.44. The van der Waals surface area contributed by atoms with E-state index in [0.29, 0.717) is 13.0 Å². The van der Waals surface area contributed by atoms with Gasteiger partial charge in [-0.2, -0.15) is 0 Å². The van der Waals surface area contributed by atoms with Crippen molar-refractivity contribution in [3.05, 3.63) is 59.7 Å². The van der Waals surface area contributed by atoms with Gasteiger partial charge in [-0.15, -0.1) is 0 Å². The van der Waals surface area contributed by atoms with Gasteiger partial charge < -0.3 is 24.8 Å². The lowest BCUT2D eigenvalue weighted by Crippen LogP contribution is -2.58. The van der Waals surface area contributed by atoms with Crippen molar-refractivity contribution in [2.24, 2.45) is 5.92 Å². The summed E-state index contributed by atoms with van der Waals surface area (Å²) in [7, 11) is 1.42. The van der Waals surface area contributed by atoms with Crippen molar-refractivity contribution >= 4 is 18.0 Å². The van der Waals surface area contributed by atoms with Crippen LogP contribution >= 0.6 is 0 Å². The average molecular weight is 467 g/mol. The van der Waals surface area contributed by atoms with Gasteiger partial charge in [0.2, 0.25) is 5.91 Å². The highest BCUT2D eigenvalue weighted by atomic mass is 16.5. The fourth-order valence-corrected chi connectivity index (χ4v) is 5.14. The number of carboxylic acid groups (broad SMARTS) is 1. The Morgan fingerprint density at radius 3 is 2.29 bits per heavy atom. The van der Waals surface area contributed by atoms with Crippen LogP contribution in [-0.2, 0) is 19.1 Å². The Labute approximate surface area is 198 Å². The average Bonchev–Trinajstić information content (AvgIpc) is 3.15. The number of piperidine rings is 1. The second kappa shape index (κ2) is 10.3. The van der Waals surface area contributed by atoms with Crippen LogP contribution in [0.15, 0.2) is 48.5 Å². The first-order valence-corrected chi connectivity index (χ1v) is 11.6. The van der Waals surface area contributed by atoms with Crippen LogP contribution in [0.3, 0.4) is 0 Å². The number of aliphatic carboxylic acids is 1. The predicted octanol–water partition coefficient (Wildman–Crippen LogP) is 3.25. The summed E-state index contributed by atoms with van der Waals surface area (Å²) in [5, 5.41) is 12.2. The van der Waals surface area contributed by atoms with Gasteiger partial charge in [-0.1, -0.05) is 55.5 Å². The molecule has 1 fully saturated rings. The van der Waals surface area contributed by atoms with Crippen LogP contribution in [0, 0.1) is 5.92 Å². The smallest absolute Gasteiger partial charge is 0.407 e. The highest BCUT2D eigenvalue weighted by Gasteiger charge is 2.40. The van der Waals surface area contributed by atoms with Crippen LogP contribution in [0.4, 0.5) is 4.79 Å². The molecule has 8 heteroatoms. The zero-order valence-electron chi connectivity index (χ0n) is 19.4. The van der Waals surface area contributed by atoms with E-state index in [9.17, 15) is 19.5 Å². The monoisotopic (exact) mass is 466 g/mol. The van der Waals surface area contributed by atoms with Crippen LogP contribution in [0.1, 0.15) is 36.8 Å². The normalized spacial score (nSPS) is 20.2. The number of rotatable bonds is 7. The van der Waals surface area contributed by atoms with Crippen molar-refractivity contribution in [1.29, 1.82) is 0 Å². The Morgan fingerprint density at radius 2 is 1.71 bits per heavy atom. The molecule has 1 saturated heterocycles. The predicted molar refractivity (Wildman–Crippen MR) is 125 cm³/mol. The minimum atomic E-state index is -1.04. The van der Waals surface area contributed by atoms with Crippen molar-refractivity contribution in [1.82, 2.24) is 10.2 Å². The third-order valence-corrected chi connectivity index (χ3v) is 6.74. The fraction of sp³-hybridized carbons (Fsp3) is 0.423. The summed E-state index contributed by atoms with van der Waals surface area (Å²) in [4.78, 5) is 39.0. The summed E-state index contributed by atoms with van der Waals surface area (Å²) in [5.41, 5.74) is 4.43. The molecule has 180 valence electrons. The number of ether oxygens (including phenoxy) is 2. The van der Waals surface area contributed by atoms with Gasteiger partial charge in [0.25, 0.3) is 0 Å². The lowest BCUT2D eigenvalue weighted by atomic mass is 9.90. The van der Waals surface area contributed by atoms with Crippen LogP contribution in [0.5, 0.6) is 0 Å². The number of likely N-dealkylation sites (tertiary alicyclic amines) is 1. The largest absolute Gasteiger partial charge is 0.480 e. The number of benzene rings is 2. The molecular formula is C26H30N2O6. The number of carbonyl (C=O) groups excluding carboxylic acids is 2. The van der Waals surface area contributed by atoms with Crippen molar-refractivity contribution < 1.29 is 29.0 Å². The first-order chi connectivity index (χ1) is 16.4. The summed E-state index contributed by atoms with van der Waals surface area (Å²) in [6, 6.07) is 14.1. The molecule has 34 heavy (non-hydrogen) atoms. The van der Waals surface area contributed by atoms with Crippen molar-refractivity contribution in [3.63, 3.8) is 0 Å². The Hall–Kier alpha value is -3.39. The maximum Gasteiger partial charge on any atom is 0.407 e. The van der Waals surface area contributed by atoms with Crippen molar-refractivity contribution in [2.75, 3.05) is 26.9 Å². The molecule has 1 aliphatic heterocycles. The molecule has 0 spiro atoms. The first-order valence-electron chi connectivity index (χ1n) is 11.6. The molecule has 2 amide bonds. The molecule has 0 radical (unpaired) electrons. The first kappa shape index (κ1) is 23.8. The number of amides is 2. The SMILES string of the molecule is COC[C@H](NC(=O)OCC1c2ccccc2-c2ccccc21)C(=O)N1CCCC(C)C1C(=O)O. The third-order valence-electron chi connectivity index (χ3n) is 6.74. The van der Waals surface area contributed by atoms with E-state index >= 15 is 0 Å². The van der Waals surface area contributed by atoms with E-state index in [1.54, 1.807) is 0 Å². The highest BCUT2D eigenvalue weighted by molar-refractivity contribution is 5.90. The molecule has 2 aromatic rings. The number of alkyl carbamates (subject to hydrolysis) is 1. The molecule has 0 aromatic heterocycles. The number of methoxy groups -OCH3 is 1. The zero-order chi connectivity index (χ0) is 24.2. The zero-order valence-corrected chi connectivity index (χ0v) is 19.4. The molecule has 8 nitrogen and oxygen atoms in total. The van der Waals surface area contributed by atoms with E-state index < -0.39 is 30.1 Å². The summed E-state index contributed by atoms with van der Waals surface area (Å²) < 4.78 is 10.7. The van der Waals surface area contributed by atoms with Crippen LogP contribution < -0.4 is 5.32 Å². The Bertz CT molecular complexity index is 1030. The molecule has 2 aromatic carbocycles. The van der Waals surface area contributed by atoms with Gasteiger partial charge in [-0.25, -0.2) is 9.59 Å². The molecule has 0 bridgehead atoms. The lowest BCUT2D eigenvalue weighted by molar-refractivity contribution is -0.156. The molecule has 0 saturated carbocycles. The summed E-state index contributed by atoms with van der Waals surface area (Å²) in [6.07, 6.45) is 0.700. The number of nitrogens with one attached hydrogen (secondary N) is 1. The lowest BCUT2D eigenvalue weighted by Gasteiger charge is -2.39. The van der Waals surface area contributed by atoms with E-state index in [-0.39, 0.29) is 25.0 Å². The Morgan fingerprint density at radius 1 is 1.09 bits per heavy atom. The van der Waals surface area contributed by atoms with Crippen LogP contribution in [0.25, 0.3) is 11.1 Å². The van der Waals surface area contributed by atoms with Gasteiger partial charge in [0.05, 0.1) is 6.61 Å². The van der Waals surface area contributed by atoms with E-state index in [0.717, 1.165) is 28.7 Å². The van der Waals surface area contributed by atoms with E-state index in [2.05, 4.69) is 17.4 Å². The van der Waals surface area contributed by atoms with Gasteiger partial charge in [0.1, 0.15) is 18.7 Å². The van der Waals surface area contributed by atoms with Crippen LogP contribution in [0.2, 0.25) is 0 Å². The van der Waals surface area contributed by atoms with Crippen molar-refractivity contribution in [2.45, 2.75) is 37.8 Å². The minimum Gasteiger partial charge on any atom is -0.480 e. The fourth-order valence-electron chi connectivity index (χ4n) is 5.14. The topological polar surface area (TPSA) is 105 Å². The standard InChI is InChI=1S/C26H30N2O6/c1-16-8-7-13-28(23(16)25(30)31)24(29)22(15-33-2)27-26(32)34-14-21-19-11-5-3-9-17(19)18-10-4-6-12-20(18)21/h3-6,9-12,16,21-23H,7-8,13-15H2,1-2H3,(H,27,32)(H,30,31)/t16?,22-,23?/m0/s1. The van der Waals surface area contributed by atoms with Gasteiger partial charge in [0, 0.05) is 19.6 Å².